The van der Waals surface area contributed by atoms with E-state index in [2.05, 4.69) is 10.3 Å². The molecule has 20 heavy (non-hydrogen) atoms. The maximum Gasteiger partial charge on any atom is 0.231 e. The van der Waals surface area contributed by atoms with Crippen LogP contribution < -0.4 is 15.0 Å². The molecule has 0 unspecified atom stereocenters. The summed E-state index contributed by atoms with van der Waals surface area (Å²) in [6, 6.07) is 4.21. The molecule has 4 nitrogen and oxygen atoms in total. The van der Waals surface area contributed by atoms with Crippen LogP contribution in [0.25, 0.3) is 0 Å². The summed E-state index contributed by atoms with van der Waals surface area (Å²) in [5.41, 5.74) is 0.550. The molecule has 0 radical (unpaired) electrons. The fraction of sp³-hybridized carbons (Fsp3) is 0.308. The Bertz CT molecular complexity index is 603. The van der Waals surface area contributed by atoms with Crippen LogP contribution in [0.1, 0.15) is 4.88 Å². The first-order valence-electron chi connectivity index (χ1n) is 5.91. The first kappa shape index (κ1) is 14.9. The zero-order valence-corrected chi connectivity index (χ0v) is 13.0. The molecule has 108 valence electrons. The van der Waals surface area contributed by atoms with Crippen LogP contribution in [-0.4, -0.2) is 26.2 Å². The van der Waals surface area contributed by atoms with Gasteiger partial charge in [0.15, 0.2) is 5.13 Å². The summed E-state index contributed by atoms with van der Waals surface area (Å²) in [4.78, 5) is 7.19. The van der Waals surface area contributed by atoms with Gasteiger partial charge < -0.3 is 15.0 Å². The largest absolute Gasteiger partial charge is 0.480 e. The Morgan fingerprint density at radius 1 is 1.45 bits per heavy atom. The van der Waals surface area contributed by atoms with Gasteiger partial charge in [-0.05, 0) is 18.2 Å². The molecule has 0 aliphatic carbocycles. The first-order chi connectivity index (χ1) is 9.51. The van der Waals surface area contributed by atoms with Crippen LogP contribution in [0.15, 0.2) is 18.2 Å². The maximum absolute atomic E-state index is 13.2. The van der Waals surface area contributed by atoms with Gasteiger partial charge in [-0.25, -0.2) is 4.39 Å². The second-order valence-corrected chi connectivity index (χ2v) is 5.77. The van der Waals surface area contributed by atoms with Crippen LogP contribution in [0, 0.1) is 5.82 Å². The van der Waals surface area contributed by atoms with Crippen LogP contribution in [0.3, 0.4) is 0 Å². The molecule has 0 spiro atoms. The molecular weight excluding hydrogens is 301 g/mol. The third-order valence-corrected chi connectivity index (χ3v) is 4.13. The zero-order chi connectivity index (χ0) is 14.7. The number of nitrogens with zero attached hydrogens (tertiary/aromatic N) is 2. The van der Waals surface area contributed by atoms with Crippen molar-refractivity contribution in [2.75, 3.05) is 31.4 Å². The van der Waals surface area contributed by atoms with Gasteiger partial charge in [0.25, 0.3) is 0 Å². The molecule has 1 aromatic carbocycles. The van der Waals surface area contributed by atoms with Crippen molar-refractivity contribution in [1.29, 1.82) is 0 Å². The summed E-state index contributed by atoms with van der Waals surface area (Å²) >= 11 is 7.52. The lowest BCUT2D eigenvalue weighted by Gasteiger charge is -2.08. The Kier molecular flexibility index (Phi) is 4.67. The number of hydrogen-bond acceptors (Lipinski definition) is 5. The highest BCUT2D eigenvalue weighted by Gasteiger charge is 2.13. The van der Waals surface area contributed by atoms with Gasteiger partial charge in [-0.2, -0.15) is 4.98 Å². The number of ether oxygens (including phenoxy) is 1. The minimum atomic E-state index is -0.331. The fourth-order valence-electron chi connectivity index (χ4n) is 1.60. The predicted octanol–water partition coefficient (Wildman–Crippen LogP) is 3.62. The Morgan fingerprint density at radius 3 is 2.85 bits per heavy atom. The number of halogens is 2. The lowest BCUT2D eigenvalue weighted by molar-refractivity contribution is 0.397. The van der Waals surface area contributed by atoms with Crippen molar-refractivity contribution >= 4 is 33.8 Å². The summed E-state index contributed by atoms with van der Waals surface area (Å²) in [5.74, 6) is 0.237. The van der Waals surface area contributed by atoms with Gasteiger partial charge >= 0.3 is 0 Å². The third kappa shape index (κ3) is 3.32. The van der Waals surface area contributed by atoms with Gasteiger partial charge in [0, 0.05) is 14.1 Å². The summed E-state index contributed by atoms with van der Waals surface area (Å²) in [7, 11) is 5.41. The first-order valence-corrected chi connectivity index (χ1v) is 7.10. The minimum absolute atomic E-state index is 0.331. The van der Waals surface area contributed by atoms with Crippen LogP contribution in [0.5, 0.6) is 5.88 Å². The van der Waals surface area contributed by atoms with Crippen molar-refractivity contribution < 1.29 is 9.13 Å². The average Bonchev–Trinajstić information content (AvgIpc) is 2.83. The number of aromatic nitrogens is 1. The molecule has 0 amide bonds. The summed E-state index contributed by atoms with van der Waals surface area (Å²) in [6.45, 7) is 0.470. The van der Waals surface area contributed by atoms with Gasteiger partial charge in [-0.15, -0.1) is 0 Å². The number of hydrogen-bond donors (Lipinski definition) is 1. The van der Waals surface area contributed by atoms with E-state index in [0.29, 0.717) is 23.1 Å². The van der Waals surface area contributed by atoms with Crippen molar-refractivity contribution in [3.05, 3.63) is 33.9 Å². The van der Waals surface area contributed by atoms with Crippen molar-refractivity contribution in [2.45, 2.75) is 6.54 Å². The average molecular weight is 316 g/mol. The highest BCUT2D eigenvalue weighted by atomic mass is 35.5. The molecule has 2 rings (SSSR count). The van der Waals surface area contributed by atoms with E-state index in [1.165, 1.54) is 29.5 Å². The normalized spacial score (nSPS) is 10.4. The van der Waals surface area contributed by atoms with Gasteiger partial charge in [-0.1, -0.05) is 22.9 Å². The van der Waals surface area contributed by atoms with Gasteiger partial charge in [0.1, 0.15) is 5.82 Å². The Balaban J connectivity index is 2.16. The quantitative estimate of drug-likeness (QED) is 0.914. The molecule has 1 aromatic heterocycles. The number of nitrogens with one attached hydrogen (secondary N) is 1. The van der Waals surface area contributed by atoms with E-state index in [9.17, 15) is 4.39 Å². The highest BCUT2D eigenvalue weighted by molar-refractivity contribution is 7.15. The Morgan fingerprint density at radius 2 is 2.20 bits per heavy atom. The van der Waals surface area contributed by atoms with Crippen LogP contribution in [0.2, 0.25) is 5.02 Å². The van der Waals surface area contributed by atoms with Gasteiger partial charge in [-0.3, -0.25) is 0 Å². The number of methoxy groups -OCH3 is 1. The lowest BCUT2D eigenvalue weighted by Crippen LogP contribution is -2.07. The van der Waals surface area contributed by atoms with E-state index in [0.717, 1.165) is 10.0 Å². The minimum Gasteiger partial charge on any atom is -0.480 e. The SMILES string of the molecule is COc1nc(N(C)C)sc1CNc1cc(F)ccc1Cl. The molecule has 2 aromatic rings. The molecule has 0 aliphatic heterocycles. The van der Waals surface area contributed by atoms with Crippen molar-refractivity contribution in [1.82, 2.24) is 4.98 Å². The molecule has 1 N–H and O–H groups in total. The van der Waals surface area contributed by atoms with Gasteiger partial charge in [0.2, 0.25) is 5.88 Å². The Hall–Kier alpha value is -1.53. The maximum atomic E-state index is 13.2. The van der Waals surface area contributed by atoms with E-state index >= 15 is 0 Å². The molecule has 0 bridgehead atoms. The van der Waals surface area contributed by atoms with Crippen LogP contribution >= 0.6 is 22.9 Å². The van der Waals surface area contributed by atoms with Crippen molar-refractivity contribution in [3.8, 4) is 5.88 Å². The van der Waals surface area contributed by atoms with E-state index in [1.807, 2.05) is 19.0 Å². The standard InChI is InChI=1S/C13H15ClFN3OS/c1-18(2)13-17-12(19-3)11(20-13)7-16-10-6-8(15)4-5-9(10)14/h4-6,16H,7H2,1-3H3. The number of rotatable bonds is 5. The molecule has 0 atom stereocenters. The van der Waals surface area contributed by atoms with Crippen molar-refractivity contribution in [3.63, 3.8) is 0 Å². The number of benzene rings is 1. The molecular formula is C13H15ClFN3OS. The highest BCUT2D eigenvalue weighted by Crippen LogP contribution is 2.32. The summed E-state index contributed by atoms with van der Waals surface area (Å²) in [5, 5.41) is 4.42. The molecule has 1 heterocycles. The third-order valence-electron chi connectivity index (χ3n) is 2.59. The van der Waals surface area contributed by atoms with E-state index in [1.54, 1.807) is 7.11 Å². The number of anilines is 2. The van der Waals surface area contributed by atoms with Crippen molar-refractivity contribution in [2.24, 2.45) is 0 Å². The summed E-state index contributed by atoms with van der Waals surface area (Å²) < 4.78 is 18.4. The predicted molar refractivity (Wildman–Crippen MR) is 81.7 cm³/mol. The lowest BCUT2D eigenvalue weighted by atomic mass is 10.3. The van der Waals surface area contributed by atoms with Crippen LogP contribution in [-0.2, 0) is 6.54 Å². The number of thiazole rings is 1. The zero-order valence-electron chi connectivity index (χ0n) is 11.4. The fourth-order valence-corrected chi connectivity index (χ4v) is 2.67. The topological polar surface area (TPSA) is 37.4 Å². The second kappa shape index (κ2) is 6.28. The van der Waals surface area contributed by atoms with E-state index < -0.39 is 0 Å². The second-order valence-electron chi connectivity index (χ2n) is 4.30. The van der Waals surface area contributed by atoms with E-state index in [4.69, 9.17) is 16.3 Å². The Labute approximate surface area is 126 Å². The smallest absolute Gasteiger partial charge is 0.231 e. The molecule has 0 fully saturated rings. The molecule has 0 saturated carbocycles. The van der Waals surface area contributed by atoms with E-state index in [-0.39, 0.29) is 5.82 Å². The monoisotopic (exact) mass is 315 g/mol. The molecule has 7 heteroatoms. The molecule has 0 saturated heterocycles. The van der Waals surface area contributed by atoms with Crippen LogP contribution in [0.4, 0.5) is 15.2 Å². The summed E-state index contributed by atoms with van der Waals surface area (Å²) in [6.07, 6.45) is 0. The van der Waals surface area contributed by atoms with Gasteiger partial charge in [0.05, 0.1) is 29.2 Å². The molecule has 0 aliphatic rings.